The van der Waals surface area contributed by atoms with E-state index >= 15 is 0 Å². The van der Waals surface area contributed by atoms with E-state index in [-0.39, 0.29) is 17.1 Å². The molecule has 2 N–H and O–H groups in total. The number of rotatable bonds is 4. The van der Waals surface area contributed by atoms with Gasteiger partial charge in [-0.2, -0.15) is 26.2 Å². The van der Waals surface area contributed by atoms with Gasteiger partial charge in [-0.3, -0.25) is 0 Å². The monoisotopic (exact) mass is 163 g/mol. The maximum atomic E-state index is 6.63. The summed E-state index contributed by atoms with van der Waals surface area (Å²) in [4.78, 5) is 0. The summed E-state index contributed by atoms with van der Waals surface area (Å²) < 4.78 is 0. The van der Waals surface area contributed by atoms with Crippen LogP contribution in [0.15, 0.2) is 0 Å². The van der Waals surface area contributed by atoms with Gasteiger partial charge in [0.25, 0.3) is 0 Å². The van der Waals surface area contributed by atoms with E-state index in [2.05, 4.69) is 5.32 Å². The molecule has 0 spiro atoms. The molecule has 0 aromatic heterocycles. The molecular formula is C4H10CuN3-. The Morgan fingerprint density at radius 2 is 1.38 bits per heavy atom. The molecule has 53 valence electrons. The maximum Gasteiger partial charge on any atom is 2.00 e. The number of nitrogens with one attached hydrogen (secondary N) is 2. The van der Waals surface area contributed by atoms with Crippen LogP contribution in [0.4, 0.5) is 0 Å². The van der Waals surface area contributed by atoms with Crippen LogP contribution in [0.1, 0.15) is 0 Å². The van der Waals surface area contributed by atoms with Crippen LogP contribution in [0.5, 0.6) is 0 Å². The van der Waals surface area contributed by atoms with Crippen LogP contribution in [0.2, 0.25) is 0 Å². The minimum absolute atomic E-state index is 0. The van der Waals surface area contributed by atoms with Crippen molar-refractivity contribution in [1.29, 1.82) is 0 Å². The molecule has 0 atom stereocenters. The van der Waals surface area contributed by atoms with E-state index in [0.717, 1.165) is 0 Å². The topological polar surface area (TPSA) is 61.7 Å². The first-order chi connectivity index (χ1) is 3.41. The normalized spacial score (nSPS) is 8.25. The number of hydrogen-bond acceptors (Lipinski definition) is 0. The van der Waals surface area contributed by atoms with Crippen molar-refractivity contribution in [2.75, 3.05) is 26.2 Å². The molecule has 0 bridgehead atoms. The third-order valence-corrected chi connectivity index (χ3v) is 0.540. The predicted octanol–water partition coefficient (Wildman–Crippen LogP) is 1.46. The van der Waals surface area contributed by atoms with Gasteiger partial charge in [0, 0.05) is 0 Å². The second kappa shape index (κ2) is 10.4. The van der Waals surface area contributed by atoms with Gasteiger partial charge >= 0.3 is 17.1 Å². The zero-order chi connectivity index (χ0) is 5.54. The summed E-state index contributed by atoms with van der Waals surface area (Å²) in [6.07, 6.45) is 0. The Morgan fingerprint density at radius 1 is 1.00 bits per heavy atom. The maximum absolute atomic E-state index is 6.63. The molecule has 0 aromatic carbocycles. The van der Waals surface area contributed by atoms with Crippen molar-refractivity contribution in [2.24, 2.45) is 0 Å². The Morgan fingerprint density at radius 3 is 1.62 bits per heavy atom. The van der Waals surface area contributed by atoms with Crippen molar-refractivity contribution in [3.8, 4) is 0 Å². The van der Waals surface area contributed by atoms with Gasteiger partial charge in [0.05, 0.1) is 0 Å². The molecule has 1 radical (unpaired) electrons. The van der Waals surface area contributed by atoms with E-state index in [0.29, 0.717) is 26.2 Å². The second-order valence-electron chi connectivity index (χ2n) is 1.17. The summed E-state index contributed by atoms with van der Waals surface area (Å²) in [7, 11) is 0. The first-order valence-corrected chi connectivity index (χ1v) is 2.34. The minimum Gasteiger partial charge on any atom is -0.679 e. The van der Waals surface area contributed by atoms with Gasteiger partial charge in [-0.25, -0.2) is 0 Å². The molecule has 8 heavy (non-hydrogen) atoms. The van der Waals surface area contributed by atoms with Crippen molar-refractivity contribution in [1.82, 2.24) is 0 Å². The molecule has 0 unspecified atom stereocenters. The first kappa shape index (κ1) is 11.2. The van der Waals surface area contributed by atoms with Gasteiger partial charge in [0.15, 0.2) is 0 Å². The Kier molecular flexibility index (Phi) is 14.6. The third kappa shape index (κ3) is 9.64. The molecule has 0 rings (SSSR count). The molecule has 0 fully saturated rings. The zero-order valence-corrected chi connectivity index (χ0v) is 5.52. The van der Waals surface area contributed by atoms with E-state index in [9.17, 15) is 0 Å². The number of nitrogens with zero attached hydrogens (tertiary/aromatic N) is 1. The van der Waals surface area contributed by atoms with Gasteiger partial charge < -0.3 is 16.8 Å². The van der Waals surface area contributed by atoms with E-state index in [1.165, 1.54) is 0 Å². The van der Waals surface area contributed by atoms with E-state index in [1.54, 1.807) is 0 Å². The van der Waals surface area contributed by atoms with E-state index < -0.39 is 0 Å². The van der Waals surface area contributed by atoms with Crippen molar-refractivity contribution in [3.63, 3.8) is 0 Å². The van der Waals surface area contributed by atoms with E-state index in [4.69, 9.17) is 11.5 Å². The average molecular weight is 164 g/mol. The van der Waals surface area contributed by atoms with Gasteiger partial charge in [-0.1, -0.05) is 0 Å². The fraction of sp³-hybridized carbons (Fsp3) is 1.00. The number of hydrogen-bond donors (Lipinski definition) is 0. The van der Waals surface area contributed by atoms with Crippen LogP contribution >= 0.6 is 0 Å². The SMILES string of the molecule is [Cu+2].[NH-]CC[N-]CC[NH-]. The summed E-state index contributed by atoms with van der Waals surface area (Å²) in [6.45, 7) is 1.91. The van der Waals surface area contributed by atoms with Gasteiger partial charge in [0.2, 0.25) is 0 Å². The average Bonchev–Trinajstić information content (AvgIpc) is 1.69. The van der Waals surface area contributed by atoms with Crippen molar-refractivity contribution in [2.45, 2.75) is 0 Å². The molecule has 0 aliphatic heterocycles. The summed E-state index contributed by atoms with van der Waals surface area (Å²) in [6, 6.07) is 0. The standard InChI is InChI=1S/C4H10N3.Cu/c5-1-3-7-4-2-6;/h5-6H,1-4H2;/q-3;+2. The Hall–Kier alpha value is 0.399. The third-order valence-electron chi connectivity index (χ3n) is 0.540. The second-order valence-corrected chi connectivity index (χ2v) is 1.17. The molecule has 0 aromatic rings. The molecule has 0 saturated heterocycles. The quantitative estimate of drug-likeness (QED) is 0.445. The zero-order valence-electron chi connectivity index (χ0n) is 4.58. The van der Waals surface area contributed by atoms with Crippen LogP contribution in [0, 0.1) is 0 Å². The molecule has 3 nitrogen and oxygen atoms in total. The Labute approximate surface area is 60.7 Å². The molecular weight excluding hydrogens is 154 g/mol. The van der Waals surface area contributed by atoms with Crippen LogP contribution in [0.3, 0.4) is 0 Å². The van der Waals surface area contributed by atoms with Crippen LogP contribution in [0.25, 0.3) is 16.8 Å². The minimum atomic E-state index is 0. The largest absolute Gasteiger partial charge is 2.00 e. The smallest absolute Gasteiger partial charge is 0.679 e. The summed E-state index contributed by atoms with van der Waals surface area (Å²) in [5.74, 6) is 0. The molecule has 0 heterocycles. The molecule has 0 amide bonds. The fourth-order valence-electron chi connectivity index (χ4n) is 0.270. The molecule has 0 saturated carbocycles. The van der Waals surface area contributed by atoms with Crippen LogP contribution in [-0.2, 0) is 17.1 Å². The summed E-state index contributed by atoms with van der Waals surface area (Å²) >= 11 is 0. The van der Waals surface area contributed by atoms with Crippen molar-refractivity contribution < 1.29 is 17.1 Å². The summed E-state index contributed by atoms with van der Waals surface area (Å²) in [5, 5.41) is 3.83. The van der Waals surface area contributed by atoms with Crippen molar-refractivity contribution >= 4 is 0 Å². The van der Waals surface area contributed by atoms with Crippen LogP contribution < -0.4 is 0 Å². The van der Waals surface area contributed by atoms with Gasteiger partial charge in [0.1, 0.15) is 0 Å². The molecule has 0 aliphatic carbocycles. The first-order valence-electron chi connectivity index (χ1n) is 2.34. The molecule has 4 heteroatoms. The van der Waals surface area contributed by atoms with Crippen molar-refractivity contribution in [3.05, 3.63) is 16.8 Å². The van der Waals surface area contributed by atoms with Crippen LogP contribution in [-0.4, -0.2) is 26.2 Å². The summed E-state index contributed by atoms with van der Waals surface area (Å²) in [5.41, 5.74) is 13.3. The van der Waals surface area contributed by atoms with Gasteiger partial charge in [-0.15, -0.1) is 0 Å². The predicted molar refractivity (Wildman–Crippen MR) is 31.5 cm³/mol. The molecule has 0 aliphatic rings. The Bertz CT molecular complexity index is 30.5. The Balaban J connectivity index is 0. The fourth-order valence-corrected chi connectivity index (χ4v) is 0.270. The van der Waals surface area contributed by atoms with E-state index in [1.807, 2.05) is 0 Å². The van der Waals surface area contributed by atoms with Gasteiger partial charge in [-0.05, 0) is 0 Å².